The summed E-state index contributed by atoms with van der Waals surface area (Å²) in [4.78, 5) is 0.0233. The standard InChI is InChI=1S/C13H17NOS/c1-2-11-8-16-13(14-11)9-15-7-10-5-3-4-6-12(10)13/h3-6,11,14H,2,7-9H2,1H3. The summed E-state index contributed by atoms with van der Waals surface area (Å²) < 4.78 is 5.74. The molecule has 0 aromatic heterocycles. The van der Waals surface area contributed by atoms with Crippen molar-refractivity contribution in [3.8, 4) is 0 Å². The van der Waals surface area contributed by atoms with E-state index in [-0.39, 0.29) is 4.87 Å². The quantitative estimate of drug-likeness (QED) is 0.808. The highest BCUT2D eigenvalue weighted by Gasteiger charge is 2.43. The molecular formula is C13H17NOS. The molecule has 1 aromatic rings. The number of rotatable bonds is 1. The Balaban J connectivity index is 1.98. The monoisotopic (exact) mass is 235 g/mol. The molecule has 0 aliphatic carbocycles. The molecule has 2 heterocycles. The van der Waals surface area contributed by atoms with Crippen LogP contribution in [0.1, 0.15) is 24.5 Å². The Morgan fingerprint density at radius 2 is 2.38 bits per heavy atom. The molecule has 2 aliphatic heterocycles. The number of fused-ring (bicyclic) bond motifs is 2. The molecular weight excluding hydrogens is 218 g/mol. The van der Waals surface area contributed by atoms with E-state index in [0.717, 1.165) is 13.2 Å². The highest BCUT2D eigenvalue weighted by Crippen LogP contribution is 2.44. The Bertz CT molecular complexity index is 395. The van der Waals surface area contributed by atoms with E-state index in [2.05, 4.69) is 36.5 Å². The van der Waals surface area contributed by atoms with Gasteiger partial charge >= 0.3 is 0 Å². The predicted molar refractivity (Wildman–Crippen MR) is 67.4 cm³/mol. The van der Waals surface area contributed by atoms with Crippen molar-refractivity contribution < 1.29 is 4.74 Å². The van der Waals surface area contributed by atoms with E-state index in [4.69, 9.17) is 4.74 Å². The predicted octanol–water partition coefficient (Wildman–Crippen LogP) is 2.48. The molecule has 0 radical (unpaired) electrons. The fraction of sp³-hybridized carbons (Fsp3) is 0.538. The summed E-state index contributed by atoms with van der Waals surface area (Å²) in [5.41, 5.74) is 2.77. The Hall–Kier alpha value is -0.510. The second-order valence-electron chi connectivity index (χ2n) is 4.54. The van der Waals surface area contributed by atoms with E-state index in [9.17, 15) is 0 Å². The summed E-state index contributed by atoms with van der Waals surface area (Å²) in [5, 5.41) is 3.75. The van der Waals surface area contributed by atoms with Gasteiger partial charge in [-0.05, 0) is 17.5 Å². The zero-order chi connectivity index (χ0) is 11.0. The largest absolute Gasteiger partial charge is 0.374 e. The van der Waals surface area contributed by atoms with E-state index >= 15 is 0 Å². The minimum atomic E-state index is 0.0233. The van der Waals surface area contributed by atoms with Gasteiger partial charge in [0, 0.05) is 11.8 Å². The van der Waals surface area contributed by atoms with Gasteiger partial charge in [0.15, 0.2) is 0 Å². The number of nitrogens with one attached hydrogen (secondary N) is 1. The molecule has 0 bridgehead atoms. The van der Waals surface area contributed by atoms with Gasteiger partial charge in [-0.15, -0.1) is 11.8 Å². The Morgan fingerprint density at radius 3 is 3.19 bits per heavy atom. The van der Waals surface area contributed by atoms with E-state index in [1.807, 2.05) is 11.8 Å². The number of hydrogen-bond donors (Lipinski definition) is 1. The van der Waals surface area contributed by atoms with E-state index in [0.29, 0.717) is 6.04 Å². The average Bonchev–Trinajstić information content (AvgIpc) is 2.74. The van der Waals surface area contributed by atoms with Crippen molar-refractivity contribution in [2.75, 3.05) is 12.4 Å². The number of ether oxygens (including phenoxy) is 1. The van der Waals surface area contributed by atoms with Crippen molar-refractivity contribution in [3.05, 3.63) is 35.4 Å². The van der Waals surface area contributed by atoms with Crippen LogP contribution in [-0.4, -0.2) is 18.4 Å². The molecule has 3 heteroatoms. The third-order valence-electron chi connectivity index (χ3n) is 3.48. The summed E-state index contributed by atoms with van der Waals surface area (Å²) >= 11 is 2.00. The summed E-state index contributed by atoms with van der Waals surface area (Å²) in [7, 11) is 0. The van der Waals surface area contributed by atoms with Crippen molar-refractivity contribution in [2.45, 2.75) is 30.9 Å². The fourth-order valence-electron chi connectivity index (χ4n) is 2.54. The van der Waals surface area contributed by atoms with E-state index < -0.39 is 0 Å². The molecule has 0 amide bonds. The minimum Gasteiger partial charge on any atom is -0.374 e. The molecule has 2 atom stereocenters. The molecule has 1 spiro atoms. The van der Waals surface area contributed by atoms with Gasteiger partial charge in [-0.3, -0.25) is 5.32 Å². The van der Waals surface area contributed by atoms with Crippen LogP contribution in [0.15, 0.2) is 24.3 Å². The molecule has 86 valence electrons. The van der Waals surface area contributed by atoms with Gasteiger partial charge in [-0.1, -0.05) is 31.2 Å². The van der Waals surface area contributed by atoms with Gasteiger partial charge in [0.25, 0.3) is 0 Å². The highest BCUT2D eigenvalue weighted by atomic mass is 32.2. The second kappa shape index (κ2) is 4.06. The van der Waals surface area contributed by atoms with Crippen LogP contribution in [0.4, 0.5) is 0 Å². The first kappa shape index (κ1) is 10.6. The summed E-state index contributed by atoms with van der Waals surface area (Å²) in [5.74, 6) is 1.19. The lowest BCUT2D eigenvalue weighted by atomic mass is 9.98. The van der Waals surface area contributed by atoms with Crippen LogP contribution in [0.25, 0.3) is 0 Å². The fourth-order valence-corrected chi connectivity index (χ4v) is 4.11. The normalized spacial score (nSPS) is 32.9. The lowest BCUT2D eigenvalue weighted by Crippen LogP contribution is -2.45. The zero-order valence-electron chi connectivity index (χ0n) is 9.53. The molecule has 2 nitrogen and oxygen atoms in total. The molecule has 3 rings (SSSR count). The van der Waals surface area contributed by atoms with E-state index in [1.165, 1.54) is 23.3 Å². The molecule has 2 aliphatic rings. The number of hydrogen-bond acceptors (Lipinski definition) is 3. The lowest BCUT2D eigenvalue weighted by molar-refractivity contribution is 0.0704. The molecule has 1 aromatic carbocycles. The maximum atomic E-state index is 5.74. The maximum absolute atomic E-state index is 5.74. The Morgan fingerprint density at radius 1 is 1.50 bits per heavy atom. The zero-order valence-corrected chi connectivity index (χ0v) is 10.3. The van der Waals surface area contributed by atoms with Crippen molar-refractivity contribution in [1.29, 1.82) is 0 Å². The van der Waals surface area contributed by atoms with E-state index in [1.54, 1.807) is 0 Å². The number of benzene rings is 1. The van der Waals surface area contributed by atoms with Crippen molar-refractivity contribution in [2.24, 2.45) is 0 Å². The van der Waals surface area contributed by atoms with Crippen LogP contribution in [0.3, 0.4) is 0 Å². The van der Waals surface area contributed by atoms with Crippen molar-refractivity contribution >= 4 is 11.8 Å². The number of thioether (sulfide) groups is 1. The van der Waals surface area contributed by atoms with Gasteiger partial charge in [-0.25, -0.2) is 0 Å². The first-order valence-electron chi connectivity index (χ1n) is 5.92. The smallest absolute Gasteiger partial charge is 0.114 e. The highest BCUT2D eigenvalue weighted by molar-refractivity contribution is 8.00. The maximum Gasteiger partial charge on any atom is 0.114 e. The topological polar surface area (TPSA) is 21.3 Å². The van der Waals surface area contributed by atoms with Crippen molar-refractivity contribution in [3.63, 3.8) is 0 Å². The van der Waals surface area contributed by atoms with Gasteiger partial charge in [0.2, 0.25) is 0 Å². The summed E-state index contributed by atoms with van der Waals surface area (Å²) in [6.07, 6.45) is 1.19. The molecule has 2 unspecified atom stereocenters. The first-order chi connectivity index (χ1) is 7.84. The first-order valence-corrected chi connectivity index (χ1v) is 6.90. The Kier molecular flexibility index (Phi) is 2.70. The minimum absolute atomic E-state index is 0.0233. The third kappa shape index (κ3) is 1.58. The van der Waals surface area contributed by atoms with Crippen LogP contribution in [0.5, 0.6) is 0 Å². The SMILES string of the molecule is CCC1CSC2(COCc3ccccc32)N1. The van der Waals surface area contributed by atoms with Crippen molar-refractivity contribution in [1.82, 2.24) is 5.32 Å². The molecule has 1 N–H and O–H groups in total. The molecule has 1 fully saturated rings. The average molecular weight is 235 g/mol. The Labute approximate surface area is 101 Å². The molecule has 0 saturated carbocycles. The second-order valence-corrected chi connectivity index (χ2v) is 5.86. The van der Waals surface area contributed by atoms with Gasteiger partial charge < -0.3 is 4.74 Å². The van der Waals surface area contributed by atoms with Crippen LogP contribution < -0.4 is 5.32 Å². The summed E-state index contributed by atoms with van der Waals surface area (Å²) in [6, 6.07) is 9.28. The molecule has 1 saturated heterocycles. The van der Waals surface area contributed by atoms with Gasteiger partial charge in [0.1, 0.15) is 4.87 Å². The van der Waals surface area contributed by atoms with Crippen LogP contribution in [0, 0.1) is 0 Å². The lowest BCUT2D eigenvalue weighted by Gasteiger charge is -2.35. The third-order valence-corrected chi connectivity index (χ3v) is 4.99. The van der Waals surface area contributed by atoms with Crippen LogP contribution >= 0.6 is 11.8 Å². The van der Waals surface area contributed by atoms with Crippen LogP contribution in [0.2, 0.25) is 0 Å². The van der Waals surface area contributed by atoms with Gasteiger partial charge in [-0.2, -0.15) is 0 Å². The van der Waals surface area contributed by atoms with Crippen LogP contribution in [-0.2, 0) is 16.2 Å². The molecule has 16 heavy (non-hydrogen) atoms. The summed E-state index contributed by atoms with van der Waals surface area (Å²) in [6.45, 7) is 3.80. The van der Waals surface area contributed by atoms with Gasteiger partial charge in [0.05, 0.1) is 13.2 Å².